The Morgan fingerprint density at radius 3 is 2.92 bits per heavy atom. The molecule has 3 heteroatoms. The summed E-state index contributed by atoms with van der Waals surface area (Å²) in [5, 5.41) is 0. The number of nitrogens with two attached hydrogens (primary N) is 1. The Labute approximate surface area is 76.5 Å². The van der Waals surface area contributed by atoms with E-state index in [-0.39, 0.29) is 5.69 Å². The molecule has 0 amide bonds. The van der Waals surface area contributed by atoms with Crippen molar-refractivity contribution in [3.05, 3.63) is 24.0 Å². The first-order valence-corrected chi connectivity index (χ1v) is 3.85. The third-order valence-corrected chi connectivity index (χ3v) is 1.49. The molecule has 0 saturated heterocycles. The summed E-state index contributed by atoms with van der Waals surface area (Å²) in [5.74, 6) is 2.39. The number of terminal acetylenes is 1. The van der Waals surface area contributed by atoms with E-state index in [1.807, 2.05) is 0 Å². The molecular formula is C10H10FNO. The SMILES string of the molecule is C#CCCOc1ccc(N)c(F)c1. The zero-order valence-corrected chi connectivity index (χ0v) is 7.09. The van der Waals surface area contributed by atoms with E-state index in [2.05, 4.69) is 5.92 Å². The van der Waals surface area contributed by atoms with Gasteiger partial charge in [-0.15, -0.1) is 12.3 Å². The molecule has 13 heavy (non-hydrogen) atoms. The van der Waals surface area contributed by atoms with E-state index in [9.17, 15) is 4.39 Å². The van der Waals surface area contributed by atoms with E-state index in [4.69, 9.17) is 16.9 Å². The zero-order valence-electron chi connectivity index (χ0n) is 7.09. The quantitative estimate of drug-likeness (QED) is 0.436. The second-order valence-corrected chi connectivity index (χ2v) is 2.49. The van der Waals surface area contributed by atoms with Crippen LogP contribution in [0.15, 0.2) is 18.2 Å². The van der Waals surface area contributed by atoms with Crippen molar-refractivity contribution in [1.29, 1.82) is 0 Å². The third kappa shape index (κ3) is 2.68. The normalized spacial score (nSPS) is 9.23. The van der Waals surface area contributed by atoms with Crippen LogP contribution in [-0.2, 0) is 0 Å². The Morgan fingerprint density at radius 2 is 2.31 bits per heavy atom. The number of anilines is 1. The average Bonchev–Trinajstić information content (AvgIpc) is 2.12. The molecular weight excluding hydrogens is 169 g/mol. The largest absolute Gasteiger partial charge is 0.492 e. The first-order chi connectivity index (χ1) is 6.24. The van der Waals surface area contributed by atoms with Gasteiger partial charge in [0.15, 0.2) is 0 Å². The van der Waals surface area contributed by atoms with Crippen molar-refractivity contribution in [2.75, 3.05) is 12.3 Å². The van der Waals surface area contributed by atoms with Gasteiger partial charge in [-0.25, -0.2) is 4.39 Å². The lowest BCUT2D eigenvalue weighted by Gasteiger charge is -2.04. The van der Waals surface area contributed by atoms with Crippen molar-refractivity contribution in [3.63, 3.8) is 0 Å². The summed E-state index contributed by atoms with van der Waals surface area (Å²) < 4.78 is 18.0. The molecule has 0 atom stereocenters. The molecule has 2 nitrogen and oxygen atoms in total. The molecule has 0 radical (unpaired) electrons. The maximum absolute atomic E-state index is 12.8. The van der Waals surface area contributed by atoms with Crippen molar-refractivity contribution in [3.8, 4) is 18.1 Å². The monoisotopic (exact) mass is 179 g/mol. The molecule has 2 N–H and O–H groups in total. The number of hydrogen-bond donors (Lipinski definition) is 1. The van der Waals surface area contributed by atoms with Crippen molar-refractivity contribution >= 4 is 5.69 Å². The van der Waals surface area contributed by atoms with E-state index >= 15 is 0 Å². The minimum Gasteiger partial charge on any atom is -0.492 e. The number of rotatable bonds is 3. The number of halogens is 1. The number of hydrogen-bond acceptors (Lipinski definition) is 2. The van der Waals surface area contributed by atoms with Crippen LogP contribution in [0.1, 0.15) is 6.42 Å². The number of ether oxygens (including phenoxy) is 1. The van der Waals surface area contributed by atoms with Gasteiger partial charge in [0.1, 0.15) is 11.6 Å². The second kappa shape index (κ2) is 4.36. The summed E-state index contributed by atoms with van der Waals surface area (Å²) in [6.45, 7) is 0.389. The lowest BCUT2D eigenvalue weighted by Crippen LogP contribution is -1.97. The zero-order chi connectivity index (χ0) is 9.68. The molecule has 1 rings (SSSR count). The van der Waals surface area contributed by atoms with Crippen molar-refractivity contribution < 1.29 is 9.13 Å². The Kier molecular flexibility index (Phi) is 3.15. The van der Waals surface area contributed by atoms with Gasteiger partial charge in [0.05, 0.1) is 12.3 Å². The van der Waals surface area contributed by atoms with Crippen LogP contribution in [0.25, 0.3) is 0 Å². The lowest BCUT2D eigenvalue weighted by atomic mass is 10.3. The van der Waals surface area contributed by atoms with E-state index in [1.165, 1.54) is 12.1 Å². The fourth-order valence-corrected chi connectivity index (χ4v) is 0.825. The Morgan fingerprint density at radius 1 is 1.54 bits per heavy atom. The molecule has 1 aromatic carbocycles. The molecule has 0 fully saturated rings. The van der Waals surface area contributed by atoms with Crippen LogP contribution in [0.3, 0.4) is 0 Å². The molecule has 0 spiro atoms. The van der Waals surface area contributed by atoms with E-state index in [0.29, 0.717) is 18.8 Å². The molecule has 0 aliphatic heterocycles. The molecule has 0 aliphatic carbocycles. The molecule has 0 saturated carbocycles. The lowest BCUT2D eigenvalue weighted by molar-refractivity contribution is 0.325. The summed E-state index contributed by atoms with van der Waals surface area (Å²) in [4.78, 5) is 0. The highest BCUT2D eigenvalue weighted by molar-refractivity contribution is 5.43. The van der Waals surface area contributed by atoms with Gasteiger partial charge in [0, 0.05) is 12.5 Å². The van der Waals surface area contributed by atoms with Gasteiger partial charge >= 0.3 is 0 Å². The summed E-state index contributed by atoms with van der Waals surface area (Å²) in [6, 6.07) is 4.31. The number of nitrogen functional groups attached to an aromatic ring is 1. The molecule has 0 aromatic heterocycles. The maximum atomic E-state index is 12.8. The van der Waals surface area contributed by atoms with Crippen molar-refractivity contribution in [1.82, 2.24) is 0 Å². The van der Waals surface area contributed by atoms with Gasteiger partial charge in [-0.05, 0) is 12.1 Å². The Balaban J connectivity index is 2.59. The summed E-state index contributed by atoms with van der Waals surface area (Å²) in [7, 11) is 0. The predicted molar refractivity (Wildman–Crippen MR) is 49.8 cm³/mol. The molecule has 68 valence electrons. The van der Waals surface area contributed by atoms with E-state index in [0.717, 1.165) is 0 Å². The van der Waals surface area contributed by atoms with Gasteiger partial charge < -0.3 is 10.5 Å². The minimum atomic E-state index is -0.474. The predicted octanol–water partition coefficient (Wildman–Crippen LogP) is 1.81. The highest BCUT2D eigenvalue weighted by atomic mass is 19.1. The highest BCUT2D eigenvalue weighted by Crippen LogP contribution is 2.17. The van der Waals surface area contributed by atoms with Crippen LogP contribution in [0.5, 0.6) is 5.75 Å². The third-order valence-electron chi connectivity index (χ3n) is 1.49. The Bertz CT molecular complexity index is 330. The average molecular weight is 179 g/mol. The molecule has 0 unspecified atom stereocenters. The Hall–Kier alpha value is -1.69. The smallest absolute Gasteiger partial charge is 0.149 e. The minimum absolute atomic E-state index is 0.115. The van der Waals surface area contributed by atoms with Crippen LogP contribution >= 0.6 is 0 Å². The van der Waals surface area contributed by atoms with Crippen molar-refractivity contribution in [2.45, 2.75) is 6.42 Å². The molecule has 0 heterocycles. The maximum Gasteiger partial charge on any atom is 0.149 e. The fraction of sp³-hybridized carbons (Fsp3) is 0.200. The van der Waals surface area contributed by atoms with Crippen LogP contribution < -0.4 is 10.5 Å². The van der Waals surface area contributed by atoms with Gasteiger partial charge in [0.25, 0.3) is 0 Å². The highest BCUT2D eigenvalue weighted by Gasteiger charge is 1.99. The van der Waals surface area contributed by atoms with Gasteiger partial charge in [-0.3, -0.25) is 0 Å². The first kappa shape index (κ1) is 9.40. The van der Waals surface area contributed by atoms with Crippen LogP contribution in [0, 0.1) is 18.2 Å². The fourth-order valence-electron chi connectivity index (χ4n) is 0.825. The van der Waals surface area contributed by atoms with E-state index in [1.54, 1.807) is 6.07 Å². The standard InChI is InChI=1S/C10H10FNO/c1-2-3-6-13-8-4-5-10(12)9(11)7-8/h1,4-5,7H,3,6,12H2. The topological polar surface area (TPSA) is 35.2 Å². The van der Waals surface area contributed by atoms with Crippen LogP contribution in [0.2, 0.25) is 0 Å². The van der Waals surface area contributed by atoms with Gasteiger partial charge in [-0.2, -0.15) is 0 Å². The van der Waals surface area contributed by atoms with Crippen molar-refractivity contribution in [2.24, 2.45) is 0 Å². The first-order valence-electron chi connectivity index (χ1n) is 3.85. The van der Waals surface area contributed by atoms with E-state index < -0.39 is 5.82 Å². The second-order valence-electron chi connectivity index (χ2n) is 2.49. The van der Waals surface area contributed by atoms with Gasteiger partial charge in [0.2, 0.25) is 0 Å². The van der Waals surface area contributed by atoms with Crippen LogP contribution in [-0.4, -0.2) is 6.61 Å². The molecule has 0 bridgehead atoms. The molecule has 0 aliphatic rings. The van der Waals surface area contributed by atoms with Crippen LogP contribution in [0.4, 0.5) is 10.1 Å². The van der Waals surface area contributed by atoms with Gasteiger partial charge in [-0.1, -0.05) is 0 Å². The number of benzene rings is 1. The molecule has 1 aromatic rings. The summed E-state index contributed by atoms with van der Waals surface area (Å²) >= 11 is 0. The summed E-state index contributed by atoms with van der Waals surface area (Å²) in [5.41, 5.74) is 5.40. The summed E-state index contributed by atoms with van der Waals surface area (Å²) in [6.07, 6.45) is 5.53.